The van der Waals surface area contributed by atoms with Gasteiger partial charge in [0.1, 0.15) is 12.4 Å². The summed E-state index contributed by atoms with van der Waals surface area (Å²) < 4.78 is 47.2. The van der Waals surface area contributed by atoms with Crippen LogP contribution in [0.3, 0.4) is 0 Å². The molecule has 0 spiro atoms. The molecule has 0 aliphatic rings. The van der Waals surface area contributed by atoms with Gasteiger partial charge in [0.05, 0.1) is 28.9 Å². The van der Waals surface area contributed by atoms with Gasteiger partial charge in [0.25, 0.3) is 0 Å². The normalized spacial score (nSPS) is 12.7. The van der Waals surface area contributed by atoms with E-state index in [2.05, 4.69) is 41.4 Å². The van der Waals surface area contributed by atoms with E-state index in [4.69, 9.17) is 4.74 Å². The zero-order valence-electron chi connectivity index (χ0n) is 25.2. The minimum atomic E-state index is -4.44. The summed E-state index contributed by atoms with van der Waals surface area (Å²) in [6, 6.07) is 22.4. The Morgan fingerprint density at radius 3 is 2.41 bits per heavy atom. The van der Waals surface area contributed by atoms with Crippen molar-refractivity contribution in [3.63, 3.8) is 0 Å². The Morgan fingerprint density at radius 2 is 1.77 bits per heavy atom. The van der Waals surface area contributed by atoms with Crippen molar-refractivity contribution in [1.29, 1.82) is 5.26 Å². The number of benzene rings is 2. The minimum absolute atomic E-state index is 0.125. The number of pyridine rings is 2. The van der Waals surface area contributed by atoms with E-state index in [1.165, 1.54) is 6.07 Å². The molecule has 0 amide bonds. The molecule has 9 heteroatoms. The Kier molecular flexibility index (Phi) is 8.76. The number of halogens is 3. The molecule has 2 aromatic carbocycles. The first-order valence-electron chi connectivity index (χ1n) is 14.2. The Balaban J connectivity index is 1.48. The Labute approximate surface area is 259 Å². The van der Waals surface area contributed by atoms with E-state index in [9.17, 15) is 18.4 Å². The lowest BCUT2D eigenvalue weighted by Gasteiger charge is -2.21. The van der Waals surface area contributed by atoms with E-state index in [1.54, 1.807) is 11.8 Å². The molecule has 0 N–H and O–H groups in total. The lowest BCUT2D eigenvalue weighted by Crippen LogP contribution is -2.11. The average molecular weight is 615 g/mol. The molecule has 44 heavy (non-hydrogen) atoms. The highest BCUT2D eigenvalue weighted by Crippen LogP contribution is 2.44. The number of hydrogen-bond acceptors (Lipinski definition) is 5. The van der Waals surface area contributed by atoms with Gasteiger partial charge in [-0.25, -0.2) is 0 Å². The second-order valence-corrected chi connectivity index (χ2v) is 13.6. The van der Waals surface area contributed by atoms with Crippen LogP contribution in [0.2, 0.25) is 0 Å². The van der Waals surface area contributed by atoms with Crippen LogP contribution in [0.5, 0.6) is 5.75 Å². The maximum Gasteiger partial charge on any atom is 0.417 e. The Morgan fingerprint density at radius 1 is 0.977 bits per heavy atom. The molecule has 5 nitrogen and oxygen atoms in total. The van der Waals surface area contributed by atoms with E-state index in [0.29, 0.717) is 24.3 Å². The molecule has 0 radical (unpaired) electrons. The molecule has 0 bridgehead atoms. The van der Waals surface area contributed by atoms with Crippen LogP contribution >= 0.6 is 11.8 Å². The van der Waals surface area contributed by atoms with E-state index < -0.39 is 17.7 Å². The number of thioether (sulfide) groups is 1. The van der Waals surface area contributed by atoms with Gasteiger partial charge in [0, 0.05) is 51.2 Å². The molecule has 3 aromatic heterocycles. The molecule has 226 valence electrons. The maximum absolute atomic E-state index is 13.0. The summed E-state index contributed by atoms with van der Waals surface area (Å²) in [6.07, 6.45) is -1.35. The summed E-state index contributed by atoms with van der Waals surface area (Å²) in [6.45, 7) is 8.77. The summed E-state index contributed by atoms with van der Waals surface area (Å²) in [4.78, 5) is 9.51. The first-order valence-corrected chi connectivity index (χ1v) is 15.0. The molecule has 1 atom stereocenters. The molecule has 0 aliphatic heterocycles. The largest absolute Gasteiger partial charge is 0.487 e. The average Bonchev–Trinajstić information content (AvgIpc) is 3.24. The number of hydrogen-bond donors (Lipinski definition) is 0. The second kappa shape index (κ2) is 12.4. The summed E-state index contributed by atoms with van der Waals surface area (Å²) in [5.74, 6) is 0.243. The fourth-order valence-electron chi connectivity index (χ4n) is 5.07. The molecular formula is C35H33F3N4OS. The maximum atomic E-state index is 13.0. The summed E-state index contributed by atoms with van der Waals surface area (Å²) in [5, 5.41) is 11.5. The Hall–Kier alpha value is -4.29. The number of alkyl halides is 3. The number of nitriles is 1. The summed E-state index contributed by atoms with van der Waals surface area (Å²) in [5.41, 5.74) is 5.07. The highest BCUT2D eigenvalue weighted by molar-refractivity contribution is 8.00. The van der Waals surface area contributed by atoms with Gasteiger partial charge in [0.2, 0.25) is 0 Å². The van der Waals surface area contributed by atoms with Crippen LogP contribution in [0.25, 0.3) is 22.2 Å². The van der Waals surface area contributed by atoms with Gasteiger partial charge in [-0.1, -0.05) is 45.0 Å². The first-order chi connectivity index (χ1) is 20.8. The molecule has 0 fully saturated rings. The van der Waals surface area contributed by atoms with Crippen molar-refractivity contribution in [2.45, 2.75) is 62.5 Å². The van der Waals surface area contributed by atoms with Crippen LogP contribution in [-0.2, 0) is 26.3 Å². The van der Waals surface area contributed by atoms with Crippen molar-refractivity contribution in [2.24, 2.45) is 7.05 Å². The second-order valence-electron chi connectivity index (χ2n) is 11.8. The smallest absolute Gasteiger partial charge is 0.417 e. The molecule has 0 saturated heterocycles. The zero-order chi connectivity index (χ0) is 31.6. The van der Waals surface area contributed by atoms with E-state index in [1.807, 2.05) is 74.8 Å². The fraction of sp³-hybridized carbons (Fsp3) is 0.286. The van der Waals surface area contributed by atoms with Crippen LogP contribution < -0.4 is 4.74 Å². The lowest BCUT2D eigenvalue weighted by atomic mass is 9.95. The van der Waals surface area contributed by atoms with Gasteiger partial charge >= 0.3 is 6.18 Å². The highest BCUT2D eigenvalue weighted by Gasteiger charge is 2.31. The van der Waals surface area contributed by atoms with Crippen molar-refractivity contribution in [3.8, 4) is 23.1 Å². The molecule has 3 heterocycles. The number of rotatable bonds is 8. The van der Waals surface area contributed by atoms with Crippen molar-refractivity contribution in [1.82, 2.24) is 14.5 Å². The topological polar surface area (TPSA) is 63.7 Å². The van der Waals surface area contributed by atoms with Crippen molar-refractivity contribution in [2.75, 3.05) is 0 Å². The summed E-state index contributed by atoms with van der Waals surface area (Å²) in [7, 11) is 1.98. The Bertz CT molecular complexity index is 1820. The van der Waals surface area contributed by atoms with Crippen molar-refractivity contribution in [3.05, 3.63) is 107 Å². The van der Waals surface area contributed by atoms with Crippen molar-refractivity contribution >= 4 is 22.7 Å². The molecule has 5 rings (SSSR count). The quantitative estimate of drug-likeness (QED) is 0.163. The molecule has 5 aromatic rings. The number of aromatic nitrogens is 3. The monoisotopic (exact) mass is 614 g/mol. The van der Waals surface area contributed by atoms with E-state index in [-0.39, 0.29) is 4.75 Å². The zero-order valence-corrected chi connectivity index (χ0v) is 26.1. The van der Waals surface area contributed by atoms with Crippen molar-refractivity contribution < 1.29 is 17.9 Å². The van der Waals surface area contributed by atoms with Gasteiger partial charge in [0.15, 0.2) is 0 Å². The molecular weight excluding hydrogens is 581 g/mol. The highest BCUT2D eigenvalue weighted by atomic mass is 32.2. The molecule has 0 aliphatic carbocycles. The van der Waals surface area contributed by atoms with Gasteiger partial charge < -0.3 is 9.30 Å². The lowest BCUT2D eigenvalue weighted by molar-refractivity contribution is -0.137. The van der Waals surface area contributed by atoms with E-state index >= 15 is 0 Å². The predicted octanol–water partition coefficient (Wildman–Crippen LogP) is 9.28. The number of ether oxygens (including phenoxy) is 1. The van der Waals surface area contributed by atoms with Gasteiger partial charge in [-0.15, -0.1) is 11.8 Å². The number of aryl methyl sites for hydroxylation is 2. The van der Waals surface area contributed by atoms with Gasteiger partial charge in [-0.2, -0.15) is 18.4 Å². The molecule has 1 unspecified atom stereocenters. The van der Waals surface area contributed by atoms with E-state index in [0.717, 1.165) is 56.3 Å². The first kappa shape index (κ1) is 31.1. The third kappa shape index (κ3) is 7.08. The molecule has 0 saturated carbocycles. The number of fused-ring (bicyclic) bond motifs is 1. The van der Waals surface area contributed by atoms with Crippen LogP contribution in [0.15, 0.2) is 84.0 Å². The van der Waals surface area contributed by atoms with Gasteiger partial charge in [-0.3, -0.25) is 9.97 Å². The SMILES string of the molecule is Cc1ccc(COc2ccc3c(c2)c(SC(C)(C)C)c(C(C#N)Cc2cccc(-c4ccc(C(F)(F)F)cn4)c2)n3C)nc1. The van der Waals surface area contributed by atoms with Crippen LogP contribution in [0.4, 0.5) is 13.2 Å². The minimum Gasteiger partial charge on any atom is -0.487 e. The summed E-state index contributed by atoms with van der Waals surface area (Å²) >= 11 is 1.72. The van der Waals surface area contributed by atoms with Crippen LogP contribution in [-0.4, -0.2) is 19.3 Å². The van der Waals surface area contributed by atoms with Gasteiger partial charge in [-0.05, 0) is 66.9 Å². The van der Waals surface area contributed by atoms with Crippen LogP contribution in [0, 0.1) is 18.3 Å². The third-order valence-electron chi connectivity index (χ3n) is 7.17. The standard InChI is InChI=1S/C35H33F3N4OS/c1-22-9-11-27(40-19-22)21-43-28-12-14-31-29(17-28)33(44-34(2,3)4)32(42(31)5)25(18-39)16-23-7-6-8-24(15-23)30-13-10-26(20-41-30)35(36,37)38/h6-15,17,19-20,25H,16,21H2,1-5H3. The fourth-order valence-corrected chi connectivity index (χ4v) is 6.34. The number of nitrogens with zero attached hydrogens (tertiary/aromatic N) is 4. The van der Waals surface area contributed by atoms with Crippen LogP contribution in [0.1, 0.15) is 54.8 Å². The third-order valence-corrected chi connectivity index (χ3v) is 8.42. The predicted molar refractivity (Wildman–Crippen MR) is 169 cm³/mol.